The smallest absolute Gasteiger partial charge is 0.268 e. The Bertz CT molecular complexity index is 1080. The van der Waals surface area contributed by atoms with Crippen LogP contribution in [0.5, 0.6) is 0 Å². The standard InChI is InChI=1S/C22H22N6O2/c1-2-3-14-23-21(30)18-17(20(29)16-12-8-5-9-13-16)19(15-10-6-4-7-11-15)28-22(24-18)25-26-27-28/h4-13,19H,2-3,14H2,1H3,(H,23,30)(H,24,25,27). The third-order valence-electron chi connectivity index (χ3n) is 4.96. The molecule has 0 saturated heterocycles. The Morgan fingerprint density at radius 3 is 2.47 bits per heavy atom. The lowest BCUT2D eigenvalue weighted by Crippen LogP contribution is -2.37. The van der Waals surface area contributed by atoms with Crippen molar-refractivity contribution in [3.8, 4) is 0 Å². The van der Waals surface area contributed by atoms with Gasteiger partial charge in [-0.2, -0.15) is 4.68 Å². The Morgan fingerprint density at radius 1 is 1.07 bits per heavy atom. The summed E-state index contributed by atoms with van der Waals surface area (Å²) in [5.41, 5.74) is 1.79. The predicted octanol–water partition coefficient (Wildman–Crippen LogP) is 2.74. The van der Waals surface area contributed by atoms with Gasteiger partial charge in [-0.25, -0.2) is 0 Å². The van der Waals surface area contributed by atoms with E-state index in [4.69, 9.17) is 0 Å². The first-order chi connectivity index (χ1) is 14.7. The monoisotopic (exact) mass is 402 g/mol. The maximum atomic E-state index is 13.6. The number of rotatable bonds is 7. The van der Waals surface area contributed by atoms with Gasteiger partial charge in [0, 0.05) is 12.1 Å². The molecular formula is C22H22N6O2. The molecule has 1 atom stereocenters. The second-order valence-corrected chi connectivity index (χ2v) is 6.98. The molecule has 1 unspecified atom stereocenters. The van der Waals surface area contributed by atoms with Crippen LogP contribution in [0, 0.1) is 0 Å². The van der Waals surface area contributed by atoms with E-state index in [1.807, 2.05) is 43.3 Å². The molecule has 8 heteroatoms. The van der Waals surface area contributed by atoms with Crippen molar-refractivity contribution in [3.05, 3.63) is 83.1 Å². The molecule has 2 aromatic carbocycles. The number of nitrogens with one attached hydrogen (secondary N) is 2. The second kappa shape index (κ2) is 8.69. The number of benzene rings is 2. The molecule has 8 nitrogen and oxygen atoms in total. The number of Topliss-reactive ketones (excluding diaryl/α,β-unsaturated/α-hetero) is 1. The Morgan fingerprint density at radius 2 is 1.77 bits per heavy atom. The average Bonchev–Trinajstić information content (AvgIpc) is 3.27. The van der Waals surface area contributed by atoms with Crippen LogP contribution < -0.4 is 10.6 Å². The van der Waals surface area contributed by atoms with Gasteiger partial charge in [0.05, 0.1) is 5.57 Å². The maximum Gasteiger partial charge on any atom is 0.268 e. The highest BCUT2D eigenvalue weighted by molar-refractivity contribution is 6.15. The van der Waals surface area contributed by atoms with E-state index in [1.54, 1.807) is 24.3 Å². The number of carbonyl (C=O) groups is 2. The Hall–Kier alpha value is -3.81. The maximum absolute atomic E-state index is 13.6. The highest BCUT2D eigenvalue weighted by Gasteiger charge is 2.37. The van der Waals surface area contributed by atoms with Gasteiger partial charge in [-0.1, -0.05) is 79.1 Å². The summed E-state index contributed by atoms with van der Waals surface area (Å²) in [5.74, 6) is -0.286. The van der Waals surface area contributed by atoms with Crippen molar-refractivity contribution in [1.82, 2.24) is 25.5 Å². The van der Waals surface area contributed by atoms with Crippen LogP contribution in [-0.4, -0.2) is 38.4 Å². The van der Waals surface area contributed by atoms with Crippen molar-refractivity contribution < 1.29 is 9.59 Å². The molecule has 0 radical (unpaired) electrons. The lowest BCUT2D eigenvalue weighted by atomic mass is 9.89. The van der Waals surface area contributed by atoms with Crippen LogP contribution in [0.15, 0.2) is 71.9 Å². The first-order valence-corrected chi connectivity index (χ1v) is 9.92. The van der Waals surface area contributed by atoms with Crippen molar-refractivity contribution in [3.63, 3.8) is 0 Å². The summed E-state index contributed by atoms with van der Waals surface area (Å²) < 4.78 is 1.54. The molecule has 1 aromatic heterocycles. The summed E-state index contributed by atoms with van der Waals surface area (Å²) in [4.78, 5) is 26.7. The Kier molecular flexibility index (Phi) is 5.65. The molecule has 1 amide bonds. The van der Waals surface area contributed by atoms with E-state index in [0.717, 1.165) is 18.4 Å². The molecule has 3 aromatic rings. The molecule has 4 rings (SSSR count). The third-order valence-corrected chi connectivity index (χ3v) is 4.96. The van der Waals surface area contributed by atoms with E-state index >= 15 is 0 Å². The van der Waals surface area contributed by atoms with Gasteiger partial charge in [0.15, 0.2) is 5.78 Å². The van der Waals surface area contributed by atoms with Gasteiger partial charge in [0.25, 0.3) is 5.91 Å². The summed E-state index contributed by atoms with van der Waals surface area (Å²) in [6.45, 7) is 2.57. The molecule has 30 heavy (non-hydrogen) atoms. The minimum atomic E-state index is -0.628. The van der Waals surface area contributed by atoms with Crippen molar-refractivity contribution in [2.45, 2.75) is 25.8 Å². The summed E-state index contributed by atoms with van der Waals surface area (Å²) in [6.07, 6.45) is 1.80. The van der Waals surface area contributed by atoms with Gasteiger partial charge in [-0.05, 0) is 22.4 Å². The zero-order valence-corrected chi connectivity index (χ0v) is 16.6. The number of hydrogen-bond acceptors (Lipinski definition) is 6. The average molecular weight is 402 g/mol. The molecule has 0 fully saturated rings. The molecule has 2 heterocycles. The van der Waals surface area contributed by atoms with Gasteiger partial charge in [-0.15, -0.1) is 0 Å². The van der Waals surface area contributed by atoms with Crippen LogP contribution >= 0.6 is 0 Å². The normalized spacial score (nSPS) is 15.3. The summed E-state index contributed by atoms with van der Waals surface area (Å²) in [7, 11) is 0. The Labute approximate surface area is 174 Å². The number of unbranched alkanes of at least 4 members (excludes halogenated alkanes) is 1. The van der Waals surface area contributed by atoms with Crippen molar-refractivity contribution >= 4 is 17.6 Å². The number of amides is 1. The van der Waals surface area contributed by atoms with Gasteiger partial charge in [0.2, 0.25) is 5.95 Å². The number of carbonyl (C=O) groups excluding carboxylic acids is 2. The van der Waals surface area contributed by atoms with E-state index < -0.39 is 6.04 Å². The highest BCUT2D eigenvalue weighted by Crippen LogP contribution is 2.36. The first kappa shape index (κ1) is 19.5. The molecule has 1 aliphatic rings. The molecular weight excluding hydrogens is 380 g/mol. The minimum Gasteiger partial charge on any atom is -0.351 e. The fraction of sp³-hybridized carbons (Fsp3) is 0.227. The van der Waals surface area contributed by atoms with Crippen molar-refractivity contribution in [2.75, 3.05) is 11.9 Å². The molecule has 1 aliphatic heterocycles. The molecule has 2 N–H and O–H groups in total. The number of nitrogens with zero attached hydrogens (tertiary/aromatic N) is 4. The van der Waals surface area contributed by atoms with Crippen LogP contribution in [0.2, 0.25) is 0 Å². The number of allylic oxidation sites excluding steroid dienone is 1. The van der Waals surface area contributed by atoms with Crippen molar-refractivity contribution in [2.24, 2.45) is 0 Å². The summed E-state index contributed by atoms with van der Waals surface area (Å²) in [5, 5.41) is 17.7. The number of tetrazole rings is 1. The van der Waals surface area contributed by atoms with E-state index in [2.05, 4.69) is 26.2 Å². The van der Waals surface area contributed by atoms with Crippen molar-refractivity contribution in [1.29, 1.82) is 0 Å². The number of fused-ring (bicyclic) bond motifs is 1. The fourth-order valence-electron chi connectivity index (χ4n) is 3.46. The lowest BCUT2D eigenvalue weighted by molar-refractivity contribution is -0.117. The first-order valence-electron chi connectivity index (χ1n) is 9.92. The molecule has 152 valence electrons. The van der Waals surface area contributed by atoms with Gasteiger partial charge < -0.3 is 10.6 Å². The topological polar surface area (TPSA) is 102 Å². The van der Waals surface area contributed by atoms with Gasteiger partial charge >= 0.3 is 0 Å². The number of hydrogen-bond donors (Lipinski definition) is 2. The molecule has 0 saturated carbocycles. The predicted molar refractivity (Wildman–Crippen MR) is 112 cm³/mol. The van der Waals surface area contributed by atoms with Crippen LogP contribution in [0.3, 0.4) is 0 Å². The Balaban J connectivity index is 1.86. The second-order valence-electron chi connectivity index (χ2n) is 6.98. The zero-order chi connectivity index (χ0) is 20.9. The van der Waals surface area contributed by atoms with Gasteiger partial charge in [0.1, 0.15) is 11.7 Å². The number of ketones is 1. The van der Waals surface area contributed by atoms with Crippen LogP contribution in [-0.2, 0) is 4.79 Å². The van der Waals surface area contributed by atoms with Gasteiger partial charge in [-0.3, -0.25) is 9.59 Å². The molecule has 0 aliphatic carbocycles. The van der Waals surface area contributed by atoms with E-state index in [9.17, 15) is 9.59 Å². The SMILES string of the molecule is CCCCNC(=O)C1=C(C(=O)c2ccccc2)C(c2ccccc2)n2nnnc2N1. The van der Waals surface area contributed by atoms with E-state index in [1.165, 1.54) is 4.68 Å². The quantitative estimate of drug-likeness (QED) is 0.465. The lowest BCUT2D eigenvalue weighted by Gasteiger charge is -2.28. The van der Waals surface area contributed by atoms with Crippen LogP contribution in [0.25, 0.3) is 0 Å². The molecule has 0 spiro atoms. The number of aromatic nitrogens is 4. The highest BCUT2D eigenvalue weighted by atomic mass is 16.2. The fourth-order valence-corrected chi connectivity index (χ4v) is 3.46. The van der Waals surface area contributed by atoms with Crippen LogP contribution in [0.1, 0.15) is 41.7 Å². The third kappa shape index (κ3) is 3.71. The largest absolute Gasteiger partial charge is 0.351 e. The molecule has 0 bridgehead atoms. The number of anilines is 1. The zero-order valence-electron chi connectivity index (χ0n) is 16.6. The minimum absolute atomic E-state index is 0.177. The van der Waals surface area contributed by atoms with E-state index in [-0.39, 0.29) is 17.4 Å². The van der Waals surface area contributed by atoms with E-state index in [0.29, 0.717) is 23.6 Å². The summed E-state index contributed by atoms with van der Waals surface area (Å²) in [6, 6.07) is 17.7. The van der Waals surface area contributed by atoms with Crippen LogP contribution in [0.4, 0.5) is 5.95 Å². The summed E-state index contributed by atoms with van der Waals surface area (Å²) >= 11 is 0.